The summed E-state index contributed by atoms with van der Waals surface area (Å²) in [6.45, 7) is 0. The summed E-state index contributed by atoms with van der Waals surface area (Å²) in [4.78, 5) is 10.7. The quantitative estimate of drug-likeness (QED) is 0.594. The number of carbonyl (C=O) groups is 1. The Labute approximate surface area is 83.3 Å². The predicted molar refractivity (Wildman–Crippen MR) is 47.5 cm³/mol. The molecule has 1 amide bonds. The Morgan fingerprint density at radius 2 is 2.00 bits per heavy atom. The van der Waals surface area contributed by atoms with Crippen LogP contribution in [0.4, 0.5) is 14.5 Å². The highest BCUT2D eigenvalue weighted by Gasteiger charge is 2.36. The summed E-state index contributed by atoms with van der Waals surface area (Å²) in [6, 6.07) is 5.49. The van der Waals surface area contributed by atoms with Crippen molar-refractivity contribution in [3.63, 3.8) is 0 Å². The molecule has 1 rings (SSSR count). The Morgan fingerprint density at radius 3 is 2.50 bits per heavy atom. The Hall–Kier alpha value is -1.36. The molecule has 14 heavy (non-hydrogen) atoms. The van der Waals surface area contributed by atoms with Gasteiger partial charge in [0.05, 0.1) is 5.69 Å². The summed E-state index contributed by atoms with van der Waals surface area (Å²) in [5.74, 6) is -1.98. The highest BCUT2D eigenvalue weighted by Crippen LogP contribution is 2.25. The number of rotatable bonds is 2. The molecule has 6 heteroatoms. The fourth-order valence-electron chi connectivity index (χ4n) is 0.773. The molecule has 0 spiro atoms. The molecule has 0 heterocycles. The first kappa shape index (κ1) is 10.7. The zero-order valence-corrected chi connectivity index (χ0v) is 7.55. The van der Waals surface area contributed by atoms with Crippen molar-refractivity contribution in [2.75, 3.05) is 5.32 Å². The number of hydrogen-bond donors (Lipinski definition) is 2. The Kier molecular flexibility index (Phi) is 2.90. The lowest BCUT2D eigenvalue weighted by Gasteiger charge is -2.09. The fraction of sp³-hybridized carbons (Fsp3) is 0.125. The van der Waals surface area contributed by atoms with Crippen LogP contribution in [0.25, 0.3) is 0 Å². The van der Waals surface area contributed by atoms with Crippen molar-refractivity contribution in [3.8, 4) is 5.75 Å². The van der Waals surface area contributed by atoms with Crippen LogP contribution in [0.15, 0.2) is 24.3 Å². The highest BCUT2D eigenvalue weighted by atomic mass is 35.5. The maximum absolute atomic E-state index is 12.2. The molecule has 2 N–H and O–H groups in total. The molecular weight excluding hydrogens is 216 g/mol. The SMILES string of the molecule is O=C(Nc1ccccc1O)C(F)(F)Cl. The van der Waals surface area contributed by atoms with Crippen LogP contribution >= 0.6 is 11.6 Å². The van der Waals surface area contributed by atoms with Gasteiger partial charge in [-0.3, -0.25) is 4.79 Å². The van der Waals surface area contributed by atoms with E-state index in [0.29, 0.717) is 0 Å². The fourth-order valence-corrected chi connectivity index (χ4v) is 0.820. The average molecular weight is 222 g/mol. The molecule has 0 saturated heterocycles. The zero-order valence-electron chi connectivity index (χ0n) is 6.80. The van der Waals surface area contributed by atoms with Crippen molar-refractivity contribution in [1.82, 2.24) is 0 Å². The van der Waals surface area contributed by atoms with Crippen LogP contribution in [-0.4, -0.2) is 16.4 Å². The van der Waals surface area contributed by atoms with Crippen LogP contribution in [0.2, 0.25) is 0 Å². The van der Waals surface area contributed by atoms with Crippen LogP contribution in [0, 0.1) is 0 Å². The molecule has 0 saturated carbocycles. The van der Waals surface area contributed by atoms with Crippen molar-refractivity contribution in [3.05, 3.63) is 24.3 Å². The maximum atomic E-state index is 12.2. The van der Waals surface area contributed by atoms with Crippen LogP contribution in [0.5, 0.6) is 5.75 Å². The van der Waals surface area contributed by atoms with Crippen molar-refractivity contribution in [2.45, 2.75) is 5.38 Å². The van der Waals surface area contributed by atoms with E-state index in [1.165, 1.54) is 24.3 Å². The van der Waals surface area contributed by atoms with E-state index in [9.17, 15) is 13.6 Å². The molecule has 0 bridgehead atoms. The first-order valence-electron chi connectivity index (χ1n) is 3.57. The number of para-hydroxylation sites is 2. The summed E-state index contributed by atoms with van der Waals surface area (Å²) < 4.78 is 24.4. The number of carbonyl (C=O) groups excluding carboxylic acids is 1. The minimum absolute atomic E-state index is 0.113. The highest BCUT2D eigenvalue weighted by molar-refractivity contribution is 6.33. The van der Waals surface area contributed by atoms with Crippen LogP contribution < -0.4 is 5.32 Å². The number of nitrogens with one attached hydrogen (secondary N) is 1. The van der Waals surface area contributed by atoms with E-state index in [-0.39, 0.29) is 11.4 Å². The third-order valence-corrected chi connectivity index (χ3v) is 1.58. The van der Waals surface area contributed by atoms with Gasteiger partial charge in [-0.2, -0.15) is 8.78 Å². The number of halogens is 3. The van der Waals surface area contributed by atoms with Gasteiger partial charge in [0, 0.05) is 0 Å². The van der Waals surface area contributed by atoms with E-state index in [2.05, 4.69) is 11.6 Å². The topological polar surface area (TPSA) is 49.3 Å². The van der Waals surface area contributed by atoms with Gasteiger partial charge in [0.1, 0.15) is 5.75 Å². The summed E-state index contributed by atoms with van der Waals surface area (Å²) in [5, 5.41) is 6.92. The lowest BCUT2D eigenvalue weighted by atomic mass is 10.3. The van der Waals surface area contributed by atoms with E-state index in [1.54, 1.807) is 5.32 Å². The minimum Gasteiger partial charge on any atom is -0.506 e. The average Bonchev–Trinajstić information content (AvgIpc) is 2.07. The lowest BCUT2D eigenvalue weighted by molar-refractivity contribution is -0.130. The number of hydrogen-bond acceptors (Lipinski definition) is 2. The lowest BCUT2D eigenvalue weighted by Crippen LogP contribution is -2.28. The molecule has 0 aliphatic rings. The molecule has 0 atom stereocenters. The number of benzene rings is 1. The van der Waals surface area contributed by atoms with Crippen molar-refractivity contribution >= 4 is 23.2 Å². The van der Waals surface area contributed by atoms with Gasteiger partial charge >= 0.3 is 11.3 Å². The van der Waals surface area contributed by atoms with Gasteiger partial charge in [-0.15, -0.1) is 0 Å². The van der Waals surface area contributed by atoms with E-state index in [4.69, 9.17) is 5.11 Å². The molecule has 0 unspecified atom stereocenters. The standard InChI is InChI=1S/C8H6ClF2NO2/c9-8(10,11)7(14)12-5-3-1-2-4-6(5)13/h1-4,13H,(H,12,14). The summed E-state index contributed by atoms with van der Waals surface area (Å²) in [7, 11) is 0. The number of alkyl halides is 3. The second kappa shape index (κ2) is 3.79. The number of anilines is 1. The van der Waals surface area contributed by atoms with Crippen molar-refractivity contribution in [1.29, 1.82) is 0 Å². The van der Waals surface area contributed by atoms with Gasteiger partial charge in [-0.05, 0) is 23.7 Å². The van der Waals surface area contributed by atoms with E-state index < -0.39 is 11.3 Å². The summed E-state index contributed by atoms with van der Waals surface area (Å²) in [6.07, 6.45) is 0. The van der Waals surface area contributed by atoms with Crippen LogP contribution in [0.1, 0.15) is 0 Å². The second-order valence-electron chi connectivity index (χ2n) is 2.47. The number of amides is 1. The van der Waals surface area contributed by atoms with Gasteiger partial charge in [0.25, 0.3) is 0 Å². The summed E-state index contributed by atoms with van der Waals surface area (Å²) >= 11 is 4.46. The molecule has 1 aromatic rings. The number of phenolic OH excluding ortho intramolecular Hbond substituents is 1. The Balaban J connectivity index is 2.80. The first-order valence-corrected chi connectivity index (χ1v) is 3.95. The normalized spacial score (nSPS) is 11.1. The molecule has 0 aromatic heterocycles. The molecule has 3 nitrogen and oxygen atoms in total. The molecule has 0 aliphatic heterocycles. The number of phenols is 1. The van der Waals surface area contributed by atoms with Crippen molar-refractivity contribution in [2.24, 2.45) is 0 Å². The maximum Gasteiger partial charge on any atom is 0.400 e. The molecule has 0 radical (unpaired) electrons. The van der Waals surface area contributed by atoms with Crippen LogP contribution in [0.3, 0.4) is 0 Å². The molecule has 76 valence electrons. The van der Waals surface area contributed by atoms with E-state index >= 15 is 0 Å². The van der Waals surface area contributed by atoms with E-state index in [0.717, 1.165) is 0 Å². The smallest absolute Gasteiger partial charge is 0.400 e. The van der Waals surface area contributed by atoms with E-state index in [1.807, 2.05) is 0 Å². The minimum atomic E-state index is -3.98. The van der Waals surface area contributed by atoms with Crippen molar-refractivity contribution < 1.29 is 18.7 Å². The van der Waals surface area contributed by atoms with Gasteiger partial charge in [-0.25, -0.2) is 0 Å². The third-order valence-electron chi connectivity index (χ3n) is 1.41. The van der Waals surface area contributed by atoms with Gasteiger partial charge in [0.15, 0.2) is 0 Å². The Bertz CT molecular complexity index is 351. The second-order valence-corrected chi connectivity index (χ2v) is 2.94. The molecular formula is C8H6ClF2NO2. The number of aromatic hydroxyl groups is 1. The van der Waals surface area contributed by atoms with Gasteiger partial charge < -0.3 is 10.4 Å². The molecule has 0 fully saturated rings. The first-order chi connectivity index (χ1) is 6.41. The predicted octanol–water partition coefficient (Wildman–Crippen LogP) is 2.16. The molecule has 0 aliphatic carbocycles. The largest absolute Gasteiger partial charge is 0.506 e. The molecule has 1 aromatic carbocycles. The summed E-state index contributed by atoms with van der Waals surface area (Å²) in [5.41, 5.74) is -0.113. The third kappa shape index (κ3) is 2.56. The zero-order chi connectivity index (χ0) is 10.8. The monoisotopic (exact) mass is 221 g/mol. The van der Waals surface area contributed by atoms with Gasteiger partial charge in [0.2, 0.25) is 0 Å². The van der Waals surface area contributed by atoms with Gasteiger partial charge in [-0.1, -0.05) is 12.1 Å². The Morgan fingerprint density at radius 1 is 1.43 bits per heavy atom. The van der Waals surface area contributed by atoms with Crippen LogP contribution in [-0.2, 0) is 4.79 Å².